The zero-order chi connectivity index (χ0) is 9.68. The fourth-order valence-corrected chi connectivity index (χ4v) is 1.31. The van der Waals surface area contributed by atoms with Gasteiger partial charge in [-0.1, -0.05) is 12.1 Å². The molecule has 0 fully saturated rings. The monoisotopic (exact) mass is 183 g/mol. The van der Waals surface area contributed by atoms with E-state index in [2.05, 4.69) is 0 Å². The Bertz CT molecular complexity index is 265. The van der Waals surface area contributed by atoms with Gasteiger partial charge in [-0.3, -0.25) is 4.39 Å². The number of phenols is 1. The van der Waals surface area contributed by atoms with Crippen molar-refractivity contribution in [1.82, 2.24) is 0 Å². The molecule has 1 aromatic rings. The van der Waals surface area contributed by atoms with Gasteiger partial charge in [-0.25, -0.2) is 0 Å². The van der Waals surface area contributed by atoms with E-state index >= 15 is 0 Å². The van der Waals surface area contributed by atoms with E-state index in [0.29, 0.717) is 13.0 Å². The topological polar surface area (TPSA) is 46.2 Å². The third-order valence-electron chi connectivity index (χ3n) is 2.04. The summed E-state index contributed by atoms with van der Waals surface area (Å²) in [5, 5.41) is 9.17. The molecule has 0 aliphatic carbocycles. The largest absolute Gasteiger partial charge is 0.508 e. The lowest BCUT2D eigenvalue weighted by atomic mass is 9.97. The average Bonchev–Trinajstić information content (AvgIpc) is 2.14. The molecule has 0 aliphatic heterocycles. The van der Waals surface area contributed by atoms with Crippen molar-refractivity contribution in [2.45, 2.75) is 12.3 Å². The summed E-state index contributed by atoms with van der Waals surface area (Å²) in [6, 6.07) is 6.67. The van der Waals surface area contributed by atoms with Gasteiger partial charge in [-0.05, 0) is 30.7 Å². The van der Waals surface area contributed by atoms with Crippen LogP contribution in [0.2, 0.25) is 0 Å². The molecule has 1 rings (SSSR count). The van der Waals surface area contributed by atoms with Crippen LogP contribution in [0.5, 0.6) is 5.75 Å². The Hall–Kier alpha value is -1.09. The van der Waals surface area contributed by atoms with E-state index in [1.54, 1.807) is 24.3 Å². The lowest BCUT2D eigenvalue weighted by Crippen LogP contribution is -2.08. The molecule has 0 radical (unpaired) electrons. The highest BCUT2D eigenvalue weighted by molar-refractivity contribution is 5.29. The van der Waals surface area contributed by atoms with Gasteiger partial charge in [0.05, 0.1) is 6.67 Å². The molecule has 0 amide bonds. The first-order valence-electron chi connectivity index (χ1n) is 4.33. The first kappa shape index (κ1) is 9.99. The number of hydrogen-bond donors (Lipinski definition) is 2. The molecule has 0 saturated heterocycles. The van der Waals surface area contributed by atoms with Crippen molar-refractivity contribution < 1.29 is 9.50 Å². The smallest absolute Gasteiger partial charge is 0.115 e. The van der Waals surface area contributed by atoms with Crippen LogP contribution in [0.4, 0.5) is 4.39 Å². The maximum Gasteiger partial charge on any atom is 0.115 e. The van der Waals surface area contributed by atoms with Crippen molar-refractivity contribution in [3.05, 3.63) is 29.8 Å². The van der Waals surface area contributed by atoms with Crippen LogP contribution >= 0.6 is 0 Å². The molecule has 13 heavy (non-hydrogen) atoms. The standard InChI is InChI=1S/C10H14FNO/c11-7-9(4-5-12)8-2-1-3-10(13)6-8/h1-3,6,9,13H,4-5,7,12H2. The summed E-state index contributed by atoms with van der Waals surface area (Å²) >= 11 is 0. The molecule has 1 unspecified atom stereocenters. The van der Waals surface area contributed by atoms with E-state index in [0.717, 1.165) is 5.56 Å². The Morgan fingerprint density at radius 3 is 2.77 bits per heavy atom. The summed E-state index contributed by atoms with van der Waals surface area (Å²) < 4.78 is 12.5. The predicted octanol–water partition coefficient (Wildman–Crippen LogP) is 1.79. The second-order valence-corrected chi connectivity index (χ2v) is 3.02. The highest BCUT2D eigenvalue weighted by Gasteiger charge is 2.10. The Morgan fingerprint density at radius 2 is 2.23 bits per heavy atom. The van der Waals surface area contributed by atoms with Gasteiger partial charge in [0.15, 0.2) is 0 Å². The Labute approximate surface area is 77.2 Å². The summed E-state index contributed by atoms with van der Waals surface area (Å²) in [6.07, 6.45) is 0.611. The minimum Gasteiger partial charge on any atom is -0.508 e. The van der Waals surface area contributed by atoms with Crippen LogP contribution in [0.1, 0.15) is 17.9 Å². The van der Waals surface area contributed by atoms with Crippen molar-refractivity contribution in [2.24, 2.45) is 5.73 Å². The molecule has 0 spiro atoms. The predicted molar refractivity (Wildman–Crippen MR) is 50.5 cm³/mol. The number of rotatable bonds is 4. The molecule has 0 heterocycles. The van der Waals surface area contributed by atoms with Crippen molar-refractivity contribution in [1.29, 1.82) is 0 Å². The first-order valence-corrected chi connectivity index (χ1v) is 4.33. The van der Waals surface area contributed by atoms with Gasteiger partial charge < -0.3 is 10.8 Å². The molecular formula is C10H14FNO. The molecule has 0 aliphatic rings. The highest BCUT2D eigenvalue weighted by Crippen LogP contribution is 2.22. The van der Waals surface area contributed by atoms with Gasteiger partial charge in [0.1, 0.15) is 5.75 Å². The normalized spacial score (nSPS) is 12.8. The van der Waals surface area contributed by atoms with Gasteiger partial charge >= 0.3 is 0 Å². The van der Waals surface area contributed by atoms with Crippen molar-refractivity contribution in [3.8, 4) is 5.75 Å². The number of alkyl halides is 1. The van der Waals surface area contributed by atoms with Crippen molar-refractivity contribution in [2.75, 3.05) is 13.2 Å². The lowest BCUT2D eigenvalue weighted by Gasteiger charge is -2.11. The third-order valence-corrected chi connectivity index (χ3v) is 2.04. The van der Waals surface area contributed by atoms with Crippen molar-refractivity contribution >= 4 is 0 Å². The van der Waals surface area contributed by atoms with Crippen LogP contribution in [0, 0.1) is 0 Å². The molecule has 3 N–H and O–H groups in total. The first-order chi connectivity index (χ1) is 6.27. The minimum absolute atomic E-state index is 0.174. The van der Waals surface area contributed by atoms with Gasteiger partial charge in [0, 0.05) is 5.92 Å². The van der Waals surface area contributed by atoms with Gasteiger partial charge in [0.2, 0.25) is 0 Å². The van der Waals surface area contributed by atoms with E-state index in [-0.39, 0.29) is 11.7 Å². The molecule has 72 valence electrons. The molecule has 3 heteroatoms. The summed E-state index contributed by atoms with van der Waals surface area (Å²) in [5.74, 6) is -0.00919. The Balaban J connectivity index is 2.78. The fraction of sp³-hybridized carbons (Fsp3) is 0.400. The second-order valence-electron chi connectivity index (χ2n) is 3.02. The summed E-state index contributed by atoms with van der Waals surface area (Å²) in [5.41, 5.74) is 6.16. The molecule has 0 bridgehead atoms. The molecule has 0 aromatic heterocycles. The minimum atomic E-state index is -0.430. The number of aromatic hydroxyl groups is 1. The lowest BCUT2D eigenvalue weighted by molar-refractivity contribution is 0.415. The zero-order valence-corrected chi connectivity index (χ0v) is 7.41. The quantitative estimate of drug-likeness (QED) is 0.747. The molecule has 0 saturated carbocycles. The van der Waals surface area contributed by atoms with E-state index in [4.69, 9.17) is 5.73 Å². The number of hydrogen-bond acceptors (Lipinski definition) is 2. The molecular weight excluding hydrogens is 169 g/mol. The van der Waals surface area contributed by atoms with Crippen LogP contribution in [-0.4, -0.2) is 18.3 Å². The third kappa shape index (κ3) is 2.70. The Kier molecular flexibility index (Phi) is 3.71. The van der Waals surface area contributed by atoms with Gasteiger partial charge in [-0.15, -0.1) is 0 Å². The van der Waals surface area contributed by atoms with E-state index in [1.807, 2.05) is 0 Å². The SMILES string of the molecule is NCCC(CF)c1cccc(O)c1. The van der Waals surface area contributed by atoms with E-state index in [1.165, 1.54) is 0 Å². The van der Waals surface area contributed by atoms with Gasteiger partial charge in [-0.2, -0.15) is 0 Å². The maximum atomic E-state index is 12.5. The second kappa shape index (κ2) is 4.82. The number of benzene rings is 1. The molecule has 1 aromatic carbocycles. The summed E-state index contributed by atoms with van der Waals surface area (Å²) in [7, 11) is 0. The van der Waals surface area contributed by atoms with Crippen molar-refractivity contribution in [3.63, 3.8) is 0 Å². The van der Waals surface area contributed by atoms with Crippen LogP contribution in [0.25, 0.3) is 0 Å². The fourth-order valence-electron chi connectivity index (χ4n) is 1.31. The van der Waals surface area contributed by atoms with E-state index < -0.39 is 6.67 Å². The van der Waals surface area contributed by atoms with Gasteiger partial charge in [0.25, 0.3) is 0 Å². The summed E-state index contributed by atoms with van der Waals surface area (Å²) in [4.78, 5) is 0. The zero-order valence-electron chi connectivity index (χ0n) is 7.41. The highest BCUT2D eigenvalue weighted by atomic mass is 19.1. The van der Waals surface area contributed by atoms with Crippen LogP contribution in [0.3, 0.4) is 0 Å². The van der Waals surface area contributed by atoms with Crippen LogP contribution < -0.4 is 5.73 Å². The van der Waals surface area contributed by atoms with Crippen LogP contribution in [-0.2, 0) is 0 Å². The number of nitrogens with two attached hydrogens (primary N) is 1. The summed E-state index contributed by atoms with van der Waals surface area (Å²) in [6.45, 7) is 0.0326. The van der Waals surface area contributed by atoms with E-state index in [9.17, 15) is 9.50 Å². The average molecular weight is 183 g/mol. The molecule has 1 atom stereocenters. The van der Waals surface area contributed by atoms with Crippen LogP contribution in [0.15, 0.2) is 24.3 Å². The number of phenolic OH excluding ortho intramolecular Hbond substituents is 1. The molecule has 2 nitrogen and oxygen atoms in total. The Morgan fingerprint density at radius 1 is 1.46 bits per heavy atom. The maximum absolute atomic E-state index is 12.5. The number of halogens is 1.